The van der Waals surface area contributed by atoms with Crippen LogP contribution in [-0.4, -0.2) is 10.2 Å². The molecule has 4 aromatic carbocycles. The summed E-state index contributed by atoms with van der Waals surface area (Å²) in [5, 5.41) is 20.1. The fourth-order valence-corrected chi connectivity index (χ4v) is 3.25. The van der Waals surface area contributed by atoms with E-state index in [-0.39, 0.29) is 11.5 Å². The van der Waals surface area contributed by atoms with E-state index in [2.05, 4.69) is 0 Å². The van der Waals surface area contributed by atoms with Crippen molar-refractivity contribution in [3.8, 4) is 44.9 Å². The van der Waals surface area contributed by atoms with Gasteiger partial charge in [0.25, 0.3) is 0 Å². The summed E-state index contributed by atoms with van der Waals surface area (Å²) in [5.41, 5.74) is 5.98. The van der Waals surface area contributed by atoms with Crippen LogP contribution in [-0.2, 0) is 0 Å². The van der Waals surface area contributed by atoms with Crippen LogP contribution in [0.1, 0.15) is 0 Å². The number of rotatable bonds is 3. The first-order valence-electron chi connectivity index (χ1n) is 8.49. The minimum atomic E-state index is 0.229. The van der Waals surface area contributed by atoms with Gasteiger partial charge in [0.15, 0.2) is 0 Å². The highest BCUT2D eigenvalue weighted by atomic mass is 16.3. The molecule has 0 atom stereocenters. The average Bonchev–Trinajstić information content (AvgIpc) is 2.69. The van der Waals surface area contributed by atoms with Gasteiger partial charge < -0.3 is 10.2 Å². The van der Waals surface area contributed by atoms with Crippen molar-refractivity contribution >= 4 is 0 Å². The zero-order valence-corrected chi connectivity index (χ0v) is 14.1. The third-order valence-electron chi connectivity index (χ3n) is 4.47. The van der Waals surface area contributed by atoms with Gasteiger partial charge in [0.05, 0.1) is 0 Å². The van der Waals surface area contributed by atoms with Gasteiger partial charge in [-0.25, -0.2) is 0 Å². The van der Waals surface area contributed by atoms with Crippen LogP contribution in [0.5, 0.6) is 11.5 Å². The van der Waals surface area contributed by atoms with Crippen molar-refractivity contribution in [2.45, 2.75) is 0 Å². The van der Waals surface area contributed by atoms with Crippen LogP contribution in [0.15, 0.2) is 97.1 Å². The van der Waals surface area contributed by atoms with E-state index in [0.29, 0.717) is 0 Å². The van der Waals surface area contributed by atoms with Crippen LogP contribution in [0.3, 0.4) is 0 Å². The molecule has 0 saturated carbocycles. The van der Waals surface area contributed by atoms with Crippen molar-refractivity contribution in [3.63, 3.8) is 0 Å². The molecule has 0 fully saturated rings. The van der Waals surface area contributed by atoms with Gasteiger partial charge in [0.2, 0.25) is 0 Å². The lowest BCUT2D eigenvalue weighted by Crippen LogP contribution is -1.89. The highest BCUT2D eigenvalue weighted by Crippen LogP contribution is 2.40. The molecular weight excluding hydrogens is 320 g/mol. The number of phenols is 2. The second-order valence-corrected chi connectivity index (χ2v) is 6.19. The molecule has 2 N–H and O–H groups in total. The molecule has 0 amide bonds. The smallest absolute Gasteiger partial charge is 0.116 e. The topological polar surface area (TPSA) is 40.5 Å². The van der Waals surface area contributed by atoms with Gasteiger partial charge in [-0.15, -0.1) is 0 Å². The Labute approximate surface area is 152 Å². The number of hydrogen-bond acceptors (Lipinski definition) is 2. The second-order valence-electron chi connectivity index (χ2n) is 6.19. The number of aromatic hydroxyl groups is 2. The van der Waals surface area contributed by atoms with E-state index >= 15 is 0 Å². The molecule has 2 nitrogen and oxygen atoms in total. The highest BCUT2D eigenvalue weighted by molar-refractivity contribution is 5.92. The molecule has 126 valence electrons. The summed E-state index contributed by atoms with van der Waals surface area (Å²) in [6, 6.07) is 30.8. The molecule has 0 bridgehead atoms. The zero-order valence-electron chi connectivity index (χ0n) is 14.1. The summed E-state index contributed by atoms with van der Waals surface area (Å²) in [6.07, 6.45) is 0. The van der Waals surface area contributed by atoms with Crippen LogP contribution in [0.2, 0.25) is 0 Å². The average molecular weight is 338 g/mol. The molecule has 0 aliphatic carbocycles. The molecule has 0 aromatic heterocycles. The van der Waals surface area contributed by atoms with Crippen molar-refractivity contribution in [2.24, 2.45) is 0 Å². The van der Waals surface area contributed by atoms with Crippen molar-refractivity contribution in [2.75, 3.05) is 0 Å². The van der Waals surface area contributed by atoms with Gasteiger partial charge in [-0.3, -0.25) is 0 Å². The third-order valence-corrected chi connectivity index (χ3v) is 4.47. The van der Waals surface area contributed by atoms with Gasteiger partial charge in [0.1, 0.15) is 11.5 Å². The molecule has 0 spiro atoms. The summed E-state index contributed by atoms with van der Waals surface area (Å²) in [5.74, 6) is 0.459. The first-order chi connectivity index (χ1) is 12.7. The first-order valence-corrected chi connectivity index (χ1v) is 8.49. The Bertz CT molecular complexity index is 951. The van der Waals surface area contributed by atoms with Gasteiger partial charge >= 0.3 is 0 Å². The van der Waals surface area contributed by atoms with E-state index in [1.807, 2.05) is 72.8 Å². The number of phenolic OH excluding ortho intramolecular Hbond substituents is 2. The fraction of sp³-hybridized carbons (Fsp3) is 0. The lowest BCUT2D eigenvalue weighted by atomic mass is 9.89. The van der Waals surface area contributed by atoms with Gasteiger partial charge in [0, 0.05) is 0 Å². The van der Waals surface area contributed by atoms with E-state index in [9.17, 15) is 10.2 Å². The third kappa shape index (κ3) is 3.05. The monoisotopic (exact) mass is 338 g/mol. The normalized spacial score (nSPS) is 10.6. The highest BCUT2D eigenvalue weighted by Gasteiger charge is 2.14. The molecule has 2 heteroatoms. The Morgan fingerprint density at radius 3 is 1.15 bits per heavy atom. The standard InChI is InChI=1S/C24H18O2/c25-19-11-13-21(23(15-19)17-7-3-1-4-8-17)22-14-12-20(26)16-24(22)18-9-5-2-6-10-18/h1-16,25-26H. The molecule has 0 radical (unpaired) electrons. The summed E-state index contributed by atoms with van der Waals surface area (Å²) in [6.45, 7) is 0. The zero-order chi connectivity index (χ0) is 17.9. The van der Waals surface area contributed by atoms with Crippen LogP contribution in [0.4, 0.5) is 0 Å². The maximum atomic E-state index is 10.0. The lowest BCUT2D eigenvalue weighted by molar-refractivity contribution is 0.475. The van der Waals surface area contributed by atoms with E-state index in [1.165, 1.54) is 0 Å². The molecule has 0 aliphatic heterocycles. The molecule has 0 saturated heterocycles. The number of hydrogen-bond donors (Lipinski definition) is 2. The molecule has 0 aliphatic rings. The second kappa shape index (κ2) is 6.77. The Morgan fingerprint density at radius 1 is 0.385 bits per heavy atom. The summed E-state index contributed by atoms with van der Waals surface area (Å²) < 4.78 is 0. The Hall–Kier alpha value is -3.52. The predicted molar refractivity (Wildman–Crippen MR) is 106 cm³/mol. The molecular formula is C24H18O2. The SMILES string of the molecule is Oc1ccc(-c2ccc(O)cc2-c2ccccc2)c(-c2ccccc2)c1. The van der Waals surface area contributed by atoms with Crippen LogP contribution >= 0.6 is 0 Å². The largest absolute Gasteiger partial charge is 0.508 e. The van der Waals surface area contributed by atoms with E-state index in [0.717, 1.165) is 33.4 Å². The lowest BCUT2D eigenvalue weighted by Gasteiger charge is -2.15. The van der Waals surface area contributed by atoms with E-state index in [4.69, 9.17) is 0 Å². The van der Waals surface area contributed by atoms with Crippen LogP contribution in [0.25, 0.3) is 33.4 Å². The molecule has 0 unspecified atom stereocenters. The van der Waals surface area contributed by atoms with Crippen LogP contribution < -0.4 is 0 Å². The van der Waals surface area contributed by atoms with E-state index < -0.39 is 0 Å². The minimum Gasteiger partial charge on any atom is -0.508 e. The molecule has 0 heterocycles. The van der Waals surface area contributed by atoms with Crippen LogP contribution in [0, 0.1) is 0 Å². The van der Waals surface area contributed by atoms with Crippen molar-refractivity contribution < 1.29 is 10.2 Å². The Balaban J connectivity index is 1.98. The van der Waals surface area contributed by atoms with Gasteiger partial charge in [-0.1, -0.05) is 72.8 Å². The minimum absolute atomic E-state index is 0.229. The summed E-state index contributed by atoms with van der Waals surface area (Å²) >= 11 is 0. The van der Waals surface area contributed by atoms with Crippen molar-refractivity contribution in [3.05, 3.63) is 97.1 Å². The van der Waals surface area contributed by atoms with Crippen molar-refractivity contribution in [1.82, 2.24) is 0 Å². The fourth-order valence-electron chi connectivity index (χ4n) is 3.25. The van der Waals surface area contributed by atoms with Gasteiger partial charge in [-0.05, 0) is 57.6 Å². The molecule has 26 heavy (non-hydrogen) atoms. The maximum Gasteiger partial charge on any atom is 0.116 e. The Kier molecular flexibility index (Phi) is 4.16. The van der Waals surface area contributed by atoms with E-state index in [1.54, 1.807) is 24.3 Å². The van der Waals surface area contributed by atoms with Gasteiger partial charge in [-0.2, -0.15) is 0 Å². The Morgan fingerprint density at radius 2 is 0.769 bits per heavy atom. The predicted octanol–water partition coefficient (Wildman–Crippen LogP) is 6.10. The summed E-state index contributed by atoms with van der Waals surface area (Å²) in [4.78, 5) is 0. The summed E-state index contributed by atoms with van der Waals surface area (Å²) in [7, 11) is 0. The van der Waals surface area contributed by atoms with Crippen molar-refractivity contribution in [1.29, 1.82) is 0 Å². The maximum absolute atomic E-state index is 10.0. The number of benzene rings is 4. The quantitative estimate of drug-likeness (QED) is 0.474. The first kappa shape index (κ1) is 16.0. The molecule has 4 rings (SSSR count). The molecule has 4 aromatic rings.